The largest absolute Gasteiger partial charge is 0.337 e. The number of rotatable bonds is 3. The van der Waals surface area contributed by atoms with Crippen LogP contribution in [0.5, 0.6) is 0 Å². The van der Waals surface area contributed by atoms with E-state index < -0.39 is 0 Å². The molecule has 0 unspecified atom stereocenters. The fraction of sp³-hybridized carbons (Fsp3) is 0.0909. The number of hydrogen-bond acceptors (Lipinski definition) is 3. The number of terminal acetylenes is 1. The third-order valence-corrected chi connectivity index (χ3v) is 5.87. The molecule has 1 aliphatic heterocycles. The molecule has 4 nitrogen and oxygen atoms in total. The Labute approximate surface area is 171 Å². The monoisotopic (exact) mass is 406 g/mol. The van der Waals surface area contributed by atoms with E-state index >= 15 is 0 Å². The van der Waals surface area contributed by atoms with E-state index in [1.165, 1.54) is 16.2 Å². The predicted molar refractivity (Wildman–Crippen MR) is 112 cm³/mol. The number of carbonyl (C=O) groups excluding carboxylic acids is 2. The minimum absolute atomic E-state index is 0.0745. The van der Waals surface area contributed by atoms with Crippen LogP contribution in [0.3, 0.4) is 0 Å². The third-order valence-electron chi connectivity index (χ3n) is 4.46. The zero-order chi connectivity index (χ0) is 19.7. The second-order valence-corrected chi connectivity index (χ2v) is 7.84. The average Bonchev–Trinajstić information content (AvgIpc) is 3.34. The molecular formula is C22H15ClN2O2S. The van der Waals surface area contributed by atoms with Gasteiger partial charge in [-0.25, -0.2) is 0 Å². The van der Waals surface area contributed by atoms with Crippen molar-refractivity contribution in [2.45, 2.75) is 0 Å². The Hall–Kier alpha value is -3.07. The van der Waals surface area contributed by atoms with Gasteiger partial charge in [0, 0.05) is 21.0 Å². The fourth-order valence-electron chi connectivity index (χ4n) is 3.10. The molecule has 1 aromatic heterocycles. The molecule has 0 radical (unpaired) electrons. The van der Waals surface area contributed by atoms with Crippen LogP contribution in [-0.2, 0) is 4.79 Å². The van der Waals surface area contributed by atoms with Gasteiger partial charge in [0.05, 0.1) is 11.5 Å². The first kappa shape index (κ1) is 18.3. The summed E-state index contributed by atoms with van der Waals surface area (Å²) in [4.78, 5) is 27.4. The highest BCUT2D eigenvalue weighted by Crippen LogP contribution is 2.40. The maximum Gasteiger partial charge on any atom is 0.265 e. The van der Waals surface area contributed by atoms with Gasteiger partial charge in [-0.2, -0.15) is 0 Å². The number of carbonyl (C=O) groups is 2. The summed E-state index contributed by atoms with van der Waals surface area (Å²) >= 11 is 7.57. The number of nitrogens with zero attached hydrogens (tertiary/aromatic N) is 1. The maximum absolute atomic E-state index is 12.9. The fourth-order valence-corrected chi connectivity index (χ4v) is 4.43. The molecule has 6 heteroatoms. The smallest absolute Gasteiger partial charge is 0.265 e. The molecule has 0 aliphatic carbocycles. The van der Waals surface area contributed by atoms with Crippen molar-refractivity contribution < 1.29 is 9.59 Å². The van der Waals surface area contributed by atoms with Crippen LogP contribution in [0, 0.1) is 12.3 Å². The van der Waals surface area contributed by atoms with Crippen molar-refractivity contribution in [2.75, 3.05) is 13.2 Å². The molecule has 3 aromatic rings. The Balaban J connectivity index is 1.83. The SMILES string of the molecule is C#Cc1cccc(-c2cc(C(=O)N3CNC(=O)C3)sc2-c2cccc(Cl)c2)c1. The number of thiophene rings is 1. The van der Waals surface area contributed by atoms with Crippen LogP contribution >= 0.6 is 22.9 Å². The predicted octanol–water partition coefficient (Wildman–Crippen LogP) is 4.25. The lowest BCUT2D eigenvalue weighted by atomic mass is 10.0. The van der Waals surface area contributed by atoms with E-state index in [0.717, 1.165) is 27.1 Å². The van der Waals surface area contributed by atoms with Gasteiger partial charge >= 0.3 is 0 Å². The van der Waals surface area contributed by atoms with E-state index in [9.17, 15) is 9.59 Å². The summed E-state index contributed by atoms with van der Waals surface area (Å²) in [6, 6.07) is 17.0. The second-order valence-electron chi connectivity index (χ2n) is 6.35. The van der Waals surface area contributed by atoms with Gasteiger partial charge in [-0.05, 0) is 41.5 Å². The van der Waals surface area contributed by atoms with Crippen molar-refractivity contribution in [1.29, 1.82) is 0 Å². The molecule has 28 heavy (non-hydrogen) atoms. The van der Waals surface area contributed by atoms with E-state index in [2.05, 4.69) is 11.2 Å². The summed E-state index contributed by atoms with van der Waals surface area (Å²) in [5.41, 5.74) is 3.53. The van der Waals surface area contributed by atoms with Crippen LogP contribution in [0.1, 0.15) is 15.2 Å². The first-order chi connectivity index (χ1) is 13.5. The summed E-state index contributed by atoms with van der Waals surface area (Å²) < 4.78 is 0. The maximum atomic E-state index is 12.9. The first-order valence-corrected chi connectivity index (χ1v) is 9.77. The zero-order valence-electron chi connectivity index (χ0n) is 14.7. The van der Waals surface area contributed by atoms with Crippen molar-refractivity contribution in [2.24, 2.45) is 0 Å². The topological polar surface area (TPSA) is 49.4 Å². The van der Waals surface area contributed by atoms with Crippen LogP contribution in [0.2, 0.25) is 5.02 Å². The lowest BCUT2D eigenvalue weighted by Crippen LogP contribution is -2.28. The Morgan fingerprint density at radius 2 is 1.93 bits per heavy atom. The molecule has 1 aliphatic rings. The van der Waals surface area contributed by atoms with E-state index in [4.69, 9.17) is 18.0 Å². The molecule has 0 atom stereocenters. The Bertz CT molecular complexity index is 1130. The van der Waals surface area contributed by atoms with Crippen molar-refractivity contribution in [1.82, 2.24) is 10.2 Å². The molecule has 1 saturated heterocycles. The standard InChI is InChI=1S/C22H15ClN2O2S/c1-2-14-5-3-6-15(9-14)18-11-19(22(27)25-12-20(26)24-13-25)28-21(18)16-7-4-8-17(23)10-16/h1,3-11H,12-13H2,(H,24,26). The van der Waals surface area contributed by atoms with Crippen molar-refractivity contribution in [3.05, 3.63) is 70.1 Å². The van der Waals surface area contributed by atoms with Crippen molar-refractivity contribution >= 4 is 34.8 Å². The van der Waals surface area contributed by atoms with Gasteiger partial charge in [0.15, 0.2) is 0 Å². The summed E-state index contributed by atoms with van der Waals surface area (Å²) in [5.74, 6) is 2.32. The minimum atomic E-state index is -0.175. The molecule has 2 heterocycles. The van der Waals surface area contributed by atoms with Crippen molar-refractivity contribution in [3.63, 3.8) is 0 Å². The zero-order valence-corrected chi connectivity index (χ0v) is 16.3. The molecule has 138 valence electrons. The number of hydrogen-bond donors (Lipinski definition) is 1. The Morgan fingerprint density at radius 1 is 1.14 bits per heavy atom. The van der Waals surface area contributed by atoms with Crippen LogP contribution in [0.4, 0.5) is 0 Å². The number of nitrogens with one attached hydrogen (secondary N) is 1. The van der Waals surface area contributed by atoms with Gasteiger partial charge in [0.25, 0.3) is 5.91 Å². The van der Waals surface area contributed by atoms with Crippen LogP contribution in [-0.4, -0.2) is 29.9 Å². The van der Waals surface area contributed by atoms with Gasteiger partial charge < -0.3 is 10.2 Å². The molecule has 1 N–H and O–H groups in total. The molecule has 4 rings (SSSR count). The first-order valence-electron chi connectivity index (χ1n) is 8.58. The summed E-state index contributed by atoms with van der Waals surface area (Å²) in [7, 11) is 0. The van der Waals surface area contributed by atoms with Crippen LogP contribution < -0.4 is 5.32 Å². The summed E-state index contributed by atoms with van der Waals surface area (Å²) in [6.45, 7) is 0.301. The van der Waals surface area contributed by atoms with Gasteiger partial charge in [0.1, 0.15) is 6.54 Å². The highest BCUT2D eigenvalue weighted by molar-refractivity contribution is 7.18. The highest BCUT2D eigenvalue weighted by atomic mass is 35.5. The van der Waals surface area contributed by atoms with E-state index in [1.54, 1.807) is 0 Å². The molecular weight excluding hydrogens is 392 g/mol. The number of halogens is 1. The van der Waals surface area contributed by atoms with Crippen molar-refractivity contribution in [3.8, 4) is 33.9 Å². The quantitative estimate of drug-likeness (QED) is 0.661. The van der Waals surface area contributed by atoms with E-state index in [0.29, 0.717) is 9.90 Å². The van der Waals surface area contributed by atoms with E-state index in [-0.39, 0.29) is 25.0 Å². The molecule has 2 aromatic carbocycles. The molecule has 0 bridgehead atoms. The third kappa shape index (κ3) is 3.53. The van der Waals surface area contributed by atoms with Crippen LogP contribution in [0.25, 0.3) is 21.6 Å². The lowest BCUT2D eigenvalue weighted by molar-refractivity contribution is -0.118. The summed E-state index contributed by atoms with van der Waals surface area (Å²) in [5, 5.41) is 3.28. The van der Waals surface area contributed by atoms with E-state index in [1.807, 2.05) is 54.6 Å². The van der Waals surface area contributed by atoms with Gasteiger partial charge in [-0.3, -0.25) is 9.59 Å². The molecule has 1 fully saturated rings. The Kier molecular flexibility index (Phi) is 4.91. The lowest BCUT2D eigenvalue weighted by Gasteiger charge is -2.10. The molecule has 2 amide bonds. The average molecular weight is 407 g/mol. The van der Waals surface area contributed by atoms with Gasteiger partial charge in [-0.15, -0.1) is 17.8 Å². The van der Waals surface area contributed by atoms with Crippen LogP contribution in [0.15, 0.2) is 54.6 Å². The highest BCUT2D eigenvalue weighted by Gasteiger charge is 2.27. The molecule has 0 spiro atoms. The normalized spacial score (nSPS) is 13.3. The summed E-state index contributed by atoms with van der Waals surface area (Å²) in [6.07, 6.45) is 5.55. The second kappa shape index (κ2) is 7.51. The number of amides is 2. The van der Waals surface area contributed by atoms with Gasteiger partial charge in [-0.1, -0.05) is 41.8 Å². The van der Waals surface area contributed by atoms with Gasteiger partial charge in [0.2, 0.25) is 5.91 Å². The Morgan fingerprint density at radius 3 is 2.64 bits per heavy atom. The number of benzene rings is 2. The molecule has 0 saturated carbocycles. The minimum Gasteiger partial charge on any atom is -0.337 e.